The highest BCUT2D eigenvalue weighted by Gasteiger charge is 2.25. The molecule has 14 heavy (non-hydrogen) atoms. The summed E-state index contributed by atoms with van der Waals surface area (Å²) in [6, 6.07) is 0. The van der Waals surface area contributed by atoms with E-state index in [0.29, 0.717) is 5.92 Å². The second-order valence-electron chi connectivity index (χ2n) is 4.18. The Balaban J connectivity index is 2.15. The zero-order valence-corrected chi connectivity index (χ0v) is 9.41. The van der Waals surface area contributed by atoms with Gasteiger partial charge in [-0.2, -0.15) is 0 Å². The van der Waals surface area contributed by atoms with Crippen LogP contribution >= 0.6 is 11.6 Å². The molecular formula is C10H16ClN3. The molecule has 2 heterocycles. The lowest BCUT2D eigenvalue weighted by atomic mass is 10.0. The van der Waals surface area contributed by atoms with Crippen LogP contribution in [-0.2, 0) is 7.05 Å². The molecule has 1 aliphatic rings. The van der Waals surface area contributed by atoms with Crippen LogP contribution in [0.1, 0.15) is 13.3 Å². The number of halogens is 1. The highest BCUT2D eigenvalue weighted by molar-refractivity contribution is 6.21. The van der Waals surface area contributed by atoms with E-state index in [4.69, 9.17) is 11.6 Å². The number of anilines is 1. The van der Waals surface area contributed by atoms with Crippen LogP contribution in [0.2, 0.25) is 0 Å². The smallest absolute Gasteiger partial charge is 0.205 e. The summed E-state index contributed by atoms with van der Waals surface area (Å²) < 4.78 is 2.04. The Morgan fingerprint density at radius 3 is 2.86 bits per heavy atom. The molecule has 4 heteroatoms. The van der Waals surface area contributed by atoms with Gasteiger partial charge in [0.15, 0.2) is 0 Å². The van der Waals surface area contributed by atoms with Crippen LogP contribution < -0.4 is 4.90 Å². The number of rotatable bonds is 1. The summed E-state index contributed by atoms with van der Waals surface area (Å²) in [5.41, 5.74) is 0. The van der Waals surface area contributed by atoms with Gasteiger partial charge in [0, 0.05) is 32.5 Å². The summed E-state index contributed by atoms with van der Waals surface area (Å²) in [6.07, 6.45) is 4.91. The van der Waals surface area contributed by atoms with Gasteiger partial charge >= 0.3 is 0 Å². The van der Waals surface area contributed by atoms with Crippen molar-refractivity contribution < 1.29 is 0 Å². The molecule has 0 spiro atoms. The molecule has 1 aromatic rings. The average molecular weight is 214 g/mol. The highest BCUT2D eigenvalue weighted by atomic mass is 35.5. The van der Waals surface area contributed by atoms with E-state index in [2.05, 4.69) is 16.8 Å². The first-order valence-electron chi connectivity index (χ1n) is 5.03. The summed E-state index contributed by atoms with van der Waals surface area (Å²) in [5, 5.41) is 0.260. The van der Waals surface area contributed by atoms with Gasteiger partial charge in [-0.05, 0) is 12.3 Å². The maximum Gasteiger partial charge on any atom is 0.205 e. The van der Waals surface area contributed by atoms with Crippen LogP contribution in [0.4, 0.5) is 5.95 Å². The molecule has 1 fully saturated rings. The van der Waals surface area contributed by atoms with E-state index in [-0.39, 0.29) is 5.38 Å². The summed E-state index contributed by atoms with van der Waals surface area (Å²) in [5.74, 6) is 1.69. The van der Waals surface area contributed by atoms with E-state index < -0.39 is 0 Å². The second-order valence-corrected chi connectivity index (χ2v) is 4.80. The number of hydrogen-bond acceptors (Lipinski definition) is 2. The molecule has 1 aromatic heterocycles. The number of hydrogen-bond donors (Lipinski definition) is 0. The monoisotopic (exact) mass is 213 g/mol. The molecule has 1 aliphatic heterocycles. The number of alkyl halides is 1. The van der Waals surface area contributed by atoms with Crippen molar-refractivity contribution in [3.8, 4) is 0 Å². The van der Waals surface area contributed by atoms with Gasteiger partial charge in [-0.1, -0.05) is 6.92 Å². The standard InChI is InChI=1S/C10H16ClN3/c1-8-5-9(11)7-14(6-8)10-12-3-4-13(10)2/h3-4,8-9H,5-7H2,1-2H3. The predicted octanol–water partition coefficient (Wildman–Crippen LogP) is 1.87. The molecule has 0 aromatic carbocycles. The van der Waals surface area contributed by atoms with Crippen LogP contribution in [0.15, 0.2) is 12.4 Å². The summed E-state index contributed by atoms with van der Waals surface area (Å²) in [6.45, 7) is 4.22. The first kappa shape index (κ1) is 9.84. The number of imidazole rings is 1. The Morgan fingerprint density at radius 2 is 2.29 bits per heavy atom. The molecule has 0 bridgehead atoms. The fraction of sp³-hybridized carbons (Fsp3) is 0.700. The normalized spacial score (nSPS) is 28.1. The average Bonchev–Trinajstić information content (AvgIpc) is 2.49. The molecule has 1 saturated heterocycles. The van der Waals surface area contributed by atoms with Crippen LogP contribution in [0.25, 0.3) is 0 Å². The van der Waals surface area contributed by atoms with Crippen molar-refractivity contribution in [3.63, 3.8) is 0 Å². The third kappa shape index (κ3) is 1.87. The molecule has 2 unspecified atom stereocenters. The van der Waals surface area contributed by atoms with Gasteiger partial charge < -0.3 is 9.47 Å². The van der Waals surface area contributed by atoms with Gasteiger partial charge in [0.2, 0.25) is 5.95 Å². The van der Waals surface area contributed by atoms with Gasteiger partial charge in [0.25, 0.3) is 0 Å². The minimum Gasteiger partial charge on any atom is -0.341 e. The second kappa shape index (κ2) is 3.81. The van der Waals surface area contributed by atoms with E-state index in [0.717, 1.165) is 25.5 Å². The third-order valence-electron chi connectivity index (χ3n) is 2.69. The lowest BCUT2D eigenvalue weighted by molar-refractivity contribution is 0.445. The highest BCUT2D eigenvalue weighted by Crippen LogP contribution is 2.23. The minimum atomic E-state index is 0.260. The third-order valence-corrected chi connectivity index (χ3v) is 3.00. The van der Waals surface area contributed by atoms with Crippen molar-refractivity contribution >= 4 is 17.5 Å². The van der Waals surface area contributed by atoms with Gasteiger partial charge in [0.05, 0.1) is 5.38 Å². The summed E-state index contributed by atoms with van der Waals surface area (Å²) >= 11 is 6.20. The van der Waals surface area contributed by atoms with Gasteiger partial charge in [-0.3, -0.25) is 0 Å². The van der Waals surface area contributed by atoms with Crippen LogP contribution in [0.5, 0.6) is 0 Å². The van der Waals surface area contributed by atoms with E-state index >= 15 is 0 Å². The van der Waals surface area contributed by atoms with Gasteiger partial charge in [0.1, 0.15) is 0 Å². The fourth-order valence-electron chi connectivity index (χ4n) is 2.10. The zero-order valence-electron chi connectivity index (χ0n) is 8.65. The maximum absolute atomic E-state index is 6.20. The van der Waals surface area contributed by atoms with Crippen molar-refractivity contribution in [3.05, 3.63) is 12.4 Å². The SMILES string of the molecule is CC1CC(Cl)CN(c2nccn2C)C1. The number of aryl methyl sites for hydroxylation is 1. The quantitative estimate of drug-likeness (QED) is 0.665. The van der Waals surface area contributed by atoms with Crippen molar-refractivity contribution in [1.82, 2.24) is 9.55 Å². The Morgan fingerprint density at radius 1 is 1.50 bits per heavy atom. The van der Waals surface area contributed by atoms with Crippen LogP contribution in [0, 0.1) is 5.92 Å². The number of piperidine rings is 1. The Kier molecular flexibility index (Phi) is 2.68. The first-order valence-corrected chi connectivity index (χ1v) is 5.47. The molecule has 2 atom stereocenters. The lowest BCUT2D eigenvalue weighted by Gasteiger charge is -2.34. The molecule has 0 radical (unpaired) electrons. The Bertz CT molecular complexity index is 300. The number of nitrogens with zero attached hydrogens (tertiary/aromatic N) is 3. The molecule has 3 nitrogen and oxygen atoms in total. The summed E-state index contributed by atoms with van der Waals surface area (Å²) in [4.78, 5) is 6.61. The zero-order chi connectivity index (χ0) is 10.1. The predicted molar refractivity (Wildman–Crippen MR) is 58.8 cm³/mol. The topological polar surface area (TPSA) is 21.1 Å². The minimum absolute atomic E-state index is 0.260. The molecule has 2 rings (SSSR count). The molecule has 0 N–H and O–H groups in total. The maximum atomic E-state index is 6.20. The van der Waals surface area contributed by atoms with Gasteiger partial charge in [-0.15, -0.1) is 11.6 Å². The Labute approximate surface area is 89.7 Å². The van der Waals surface area contributed by atoms with E-state index in [1.165, 1.54) is 0 Å². The van der Waals surface area contributed by atoms with Crippen LogP contribution in [-0.4, -0.2) is 28.0 Å². The van der Waals surface area contributed by atoms with Crippen molar-refractivity contribution in [1.29, 1.82) is 0 Å². The van der Waals surface area contributed by atoms with E-state index in [1.54, 1.807) is 0 Å². The first-order chi connectivity index (χ1) is 6.66. The molecule has 0 amide bonds. The molecular weight excluding hydrogens is 198 g/mol. The molecule has 0 aliphatic carbocycles. The fourth-order valence-corrected chi connectivity index (χ4v) is 2.57. The lowest BCUT2D eigenvalue weighted by Crippen LogP contribution is -2.41. The molecule has 0 saturated carbocycles. The van der Waals surface area contributed by atoms with E-state index in [1.807, 2.05) is 24.0 Å². The largest absolute Gasteiger partial charge is 0.341 e. The van der Waals surface area contributed by atoms with Gasteiger partial charge in [-0.25, -0.2) is 4.98 Å². The van der Waals surface area contributed by atoms with Crippen LogP contribution in [0.3, 0.4) is 0 Å². The van der Waals surface area contributed by atoms with Crippen molar-refractivity contribution in [2.75, 3.05) is 18.0 Å². The molecule has 78 valence electrons. The summed E-state index contributed by atoms with van der Waals surface area (Å²) in [7, 11) is 2.02. The van der Waals surface area contributed by atoms with Crippen molar-refractivity contribution in [2.24, 2.45) is 13.0 Å². The Hall–Kier alpha value is -0.700. The number of aromatic nitrogens is 2. The van der Waals surface area contributed by atoms with Crippen molar-refractivity contribution in [2.45, 2.75) is 18.7 Å². The van der Waals surface area contributed by atoms with E-state index in [9.17, 15) is 0 Å².